The number of benzene rings is 1. The Balaban J connectivity index is 2.68. The van der Waals surface area contributed by atoms with Crippen LogP contribution in [0.1, 0.15) is 34.6 Å². The summed E-state index contributed by atoms with van der Waals surface area (Å²) in [5, 5.41) is 5.76. The van der Waals surface area contributed by atoms with E-state index in [9.17, 15) is 4.79 Å². The van der Waals surface area contributed by atoms with Gasteiger partial charge in [-0.15, -0.1) is 0 Å². The lowest BCUT2D eigenvalue weighted by Gasteiger charge is -2.27. The molecule has 1 rings (SSSR count). The fourth-order valence-corrected chi connectivity index (χ4v) is 2.00. The summed E-state index contributed by atoms with van der Waals surface area (Å²) < 4.78 is 15.7. The van der Waals surface area contributed by atoms with Gasteiger partial charge in [-0.1, -0.05) is 0 Å². The Bertz CT molecular complexity index is 651. The molecule has 146 valence electrons. The summed E-state index contributed by atoms with van der Waals surface area (Å²) >= 11 is 0. The molecule has 1 aromatic carbocycles. The second-order valence-corrected chi connectivity index (χ2v) is 7.41. The van der Waals surface area contributed by atoms with Gasteiger partial charge in [0, 0.05) is 11.8 Å². The van der Waals surface area contributed by atoms with Gasteiger partial charge < -0.3 is 30.6 Å². The van der Waals surface area contributed by atoms with Gasteiger partial charge in [-0.25, -0.2) is 4.79 Å². The van der Waals surface area contributed by atoms with Crippen molar-refractivity contribution in [3.63, 3.8) is 0 Å². The van der Waals surface area contributed by atoms with Crippen LogP contribution in [0.3, 0.4) is 0 Å². The van der Waals surface area contributed by atoms with E-state index in [1.807, 2.05) is 34.6 Å². The van der Waals surface area contributed by atoms with E-state index >= 15 is 0 Å². The van der Waals surface area contributed by atoms with E-state index in [2.05, 4.69) is 15.6 Å². The second-order valence-electron chi connectivity index (χ2n) is 7.41. The largest absolute Gasteiger partial charge is 0.493 e. The third-order valence-corrected chi connectivity index (χ3v) is 3.14. The number of alkyl carbamates (subject to hydrolysis) is 1. The van der Waals surface area contributed by atoms with E-state index in [-0.39, 0.29) is 12.5 Å². The van der Waals surface area contributed by atoms with E-state index in [0.717, 1.165) is 0 Å². The van der Waals surface area contributed by atoms with Crippen LogP contribution in [0.4, 0.5) is 10.5 Å². The summed E-state index contributed by atoms with van der Waals surface area (Å²) in [4.78, 5) is 16.2. The Labute approximate surface area is 155 Å². The average molecular weight is 366 g/mol. The lowest BCUT2D eigenvalue weighted by atomic mass is 10.1. The molecule has 8 nitrogen and oxygen atoms in total. The molecular weight excluding hydrogens is 336 g/mol. The third-order valence-electron chi connectivity index (χ3n) is 3.14. The van der Waals surface area contributed by atoms with Crippen molar-refractivity contribution in [1.82, 2.24) is 5.32 Å². The van der Waals surface area contributed by atoms with E-state index in [4.69, 9.17) is 19.9 Å². The van der Waals surface area contributed by atoms with Gasteiger partial charge in [-0.3, -0.25) is 4.99 Å². The van der Waals surface area contributed by atoms with Gasteiger partial charge in [0.25, 0.3) is 0 Å². The van der Waals surface area contributed by atoms with Crippen LogP contribution < -0.4 is 25.8 Å². The minimum Gasteiger partial charge on any atom is -0.493 e. The van der Waals surface area contributed by atoms with Crippen LogP contribution >= 0.6 is 0 Å². The number of hydrogen-bond donors (Lipinski definition) is 3. The van der Waals surface area contributed by atoms with Crippen LogP contribution in [0.15, 0.2) is 23.2 Å². The Kier molecular flexibility index (Phi) is 7.11. The molecule has 0 saturated heterocycles. The molecule has 0 aliphatic rings. The van der Waals surface area contributed by atoms with Crippen LogP contribution in [0.5, 0.6) is 11.5 Å². The van der Waals surface area contributed by atoms with Crippen LogP contribution in [-0.4, -0.2) is 44.0 Å². The number of amides is 1. The highest BCUT2D eigenvalue weighted by atomic mass is 16.6. The molecule has 0 fully saturated rings. The van der Waals surface area contributed by atoms with Gasteiger partial charge in [0.2, 0.25) is 0 Å². The Morgan fingerprint density at radius 2 is 1.73 bits per heavy atom. The molecule has 1 amide bonds. The predicted molar refractivity (Wildman–Crippen MR) is 103 cm³/mol. The number of ether oxygens (including phenoxy) is 3. The summed E-state index contributed by atoms with van der Waals surface area (Å²) in [6.07, 6.45) is -0.496. The van der Waals surface area contributed by atoms with E-state index in [1.165, 1.54) is 0 Å². The number of nitrogens with zero attached hydrogens (tertiary/aromatic N) is 1. The first-order valence-corrected chi connectivity index (χ1v) is 8.26. The third kappa shape index (κ3) is 7.50. The van der Waals surface area contributed by atoms with Crippen LogP contribution in [0.25, 0.3) is 0 Å². The quantitative estimate of drug-likeness (QED) is 0.528. The number of carbonyl (C=O) groups is 1. The van der Waals surface area contributed by atoms with Gasteiger partial charge in [-0.2, -0.15) is 0 Å². The highest BCUT2D eigenvalue weighted by Crippen LogP contribution is 2.29. The summed E-state index contributed by atoms with van der Waals surface area (Å²) in [5.41, 5.74) is 5.46. The van der Waals surface area contributed by atoms with E-state index in [1.54, 1.807) is 32.4 Å². The second kappa shape index (κ2) is 8.64. The number of aliphatic imine (C=N–C) groups is 1. The molecule has 8 heteroatoms. The first kappa shape index (κ1) is 21.4. The van der Waals surface area contributed by atoms with E-state index in [0.29, 0.717) is 17.2 Å². The van der Waals surface area contributed by atoms with Crippen molar-refractivity contribution < 1.29 is 19.0 Å². The molecule has 0 spiro atoms. The van der Waals surface area contributed by atoms with Crippen LogP contribution in [0, 0.1) is 0 Å². The van der Waals surface area contributed by atoms with Gasteiger partial charge in [-0.05, 0) is 46.8 Å². The Morgan fingerprint density at radius 1 is 1.12 bits per heavy atom. The molecule has 0 radical (unpaired) electrons. The van der Waals surface area contributed by atoms with Gasteiger partial charge in [0.15, 0.2) is 17.5 Å². The van der Waals surface area contributed by atoms with Crippen LogP contribution in [-0.2, 0) is 4.74 Å². The topological polar surface area (TPSA) is 107 Å². The maximum Gasteiger partial charge on any atom is 0.408 e. The molecule has 0 saturated carbocycles. The normalized spacial score (nSPS) is 12.3. The number of hydrogen-bond acceptors (Lipinski definition) is 5. The number of methoxy groups -OCH3 is 2. The number of guanidine groups is 1. The minimum absolute atomic E-state index is 0.219. The lowest BCUT2D eigenvalue weighted by molar-refractivity contribution is 0.0476. The summed E-state index contributed by atoms with van der Waals surface area (Å²) in [6.45, 7) is 9.38. The van der Waals surface area contributed by atoms with Gasteiger partial charge >= 0.3 is 6.09 Å². The summed E-state index contributed by atoms with van der Waals surface area (Å²) in [7, 11) is 3.13. The number of carbonyl (C=O) groups excluding carboxylic acids is 1. The molecule has 0 heterocycles. The summed E-state index contributed by atoms with van der Waals surface area (Å²) in [5.74, 6) is 1.42. The first-order chi connectivity index (χ1) is 12.0. The summed E-state index contributed by atoms with van der Waals surface area (Å²) in [6, 6.07) is 5.32. The molecule has 0 aromatic heterocycles. The zero-order valence-corrected chi connectivity index (χ0v) is 16.6. The molecule has 4 N–H and O–H groups in total. The highest BCUT2D eigenvalue weighted by Gasteiger charge is 2.24. The fourth-order valence-electron chi connectivity index (χ4n) is 2.00. The predicted octanol–water partition coefficient (Wildman–Crippen LogP) is 2.73. The average Bonchev–Trinajstić information content (AvgIpc) is 2.50. The molecule has 0 aliphatic heterocycles. The number of rotatable bonds is 6. The standard InChI is InChI=1S/C18H30N4O4/c1-17(2,3)26-16(23)22-18(4,5)11-20-15(19)21-12-8-9-13(24-6)14(10-12)25-7/h8-10H,11H2,1-7H3,(H,22,23)(H3,19,20,21). The minimum atomic E-state index is -0.619. The van der Waals surface area contributed by atoms with Crippen molar-refractivity contribution in [2.45, 2.75) is 45.8 Å². The SMILES string of the molecule is COc1ccc(NC(N)=NCC(C)(C)NC(=O)OC(C)(C)C)cc1OC. The van der Waals surface area contributed by atoms with E-state index < -0.39 is 17.2 Å². The maximum atomic E-state index is 11.9. The Hall–Kier alpha value is -2.64. The van der Waals surface area contributed by atoms with Crippen molar-refractivity contribution in [2.24, 2.45) is 10.7 Å². The van der Waals surface area contributed by atoms with Crippen molar-refractivity contribution in [3.8, 4) is 11.5 Å². The van der Waals surface area contributed by atoms with Crippen molar-refractivity contribution >= 4 is 17.7 Å². The zero-order chi connectivity index (χ0) is 20.0. The molecule has 0 bridgehead atoms. The number of anilines is 1. The Morgan fingerprint density at radius 3 is 2.27 bits per heavy atom. The number of nitrogens with one attached hydrogen (secondary N) is 2. The maximum absolute atomic E-state index is 11.9. The van der Waals surface area contributed by atoms with Crippen molar-refractivity contribution in [3.05, 3.63) is 18.2 Å². The molecular formula is C18H30N4O4. The smallest absolute Gasteiger partial charge is 0.408 e. The lowest BCUT2D eigenvalue weighted by Crippen LogP contribution is -2.48. The fraction of sp³-hybridized carbons (Fsp3) is 0.556. The molecule has 1 aromatic rings. The van der Waals surface area contributed by atoms with Gasteiger partial charge in [0.1, 0.15) is 5.60 Å². The van der Waals surface area contributed by atoms with Gasteiger partial charge in [0.05, 0.1) is 26.3 Å². The highest BCUT2D eigenvalue weighted by molar-refractivity contribution is 5.92. The van der Waals surface area contributed by atoms with Crippen LogP contribution in [0.2, 0.25) is 0 Å². The zero-order valence-electron chi connectivity index (χ0n) is 16.6. The molecule has 26 heavy (non-hydrogen) atoms. The van der Waals surface area contributed by atoms with Crippen molar-refractivity contribution in [2.75, 3.05) is 26.1 Å². The number of nitrogens with two attached hydrogens (primary N) is 1. The first-order valence-electron chi connectivity index (χ1n) is 8.26. The molecule has 0 aliphatic carbocycles. The monoisotopic (exact) mass is 366 g/mol. The molecule has 0 atom stereocenters. The molecule has 0 unspecified atom stereocenters. The van der Waals surface area contributed by atoms with Crippen molar-refractivity contribution in [1.29, 1.82) is 0 Å².